The van der Waals surface area contributed by atoms with Crippen LogP contribution in [0.3, 0.4) is 0 Å². The monoisotopic (exact) mass is 600 g/mol. The van der Waals surface area contributed by atoms with Crippen LogP contribution in [-0.4, -0.2) is 43.4 Å². The molecule has 7 nitrogen and oxygen atoms in total. The Kier molecular flexibility index (Phi) is 29.2. The Morgan fingerprint density at radius 3 is 1.28 bits per heavy atom. The summed E-state index contributed by atoms with van der Waals surface area (Å²) in [5, 5.41) is -2.04. The number of esters is 2. The normalized spacial score (nSPS) is 12.4. The van der Waals surface area contributed by atoms with Gasteiger partial charge >= 0.3 is 63.3 Å². The quantitative estimate of drug-likeness (QED) is 0.0612. The van der Waals surface area contributed by atoms with E-state index in [1.807, 2.05) is 0 Å². The Balaban J connectivity index is 0. The Morgan fingerprint density at radius 2 is 0.923 bits per heavy atom. The molecule has 1 unspecified atom stereocenters. The van der Waals surface area contributed by atoms with Crippen LogP contribution in [-0.2, 0) is 29.2 Å². The summed E-state index contributed by atoms with van der Waals surface area (Å²) in [4.78, 5) is 24.2. The second kappa shape index (κ2) is 27.3. The molecule has 9 heteroatoms. The molecule has 0 bridgehead atoms. The summed E-state index contributed by atoms with van der Waals surface area (Å²) < 4.78 is 44.7. The van der Waals surface area contributed by atoms with E-state index in [9.17, 15) is 22.6 Å². The van der Waals surface area contributed by atoms with E-state index in [1.54, 1.807) is 0 Å². The minimum absolute atomic E-state index is 0. The van der Waals surface area contributed by atoms with Gasteiger partial charge in [-0.1, -0.05) is 130 Å². The van der Waals surface area contributed by atoms with E-state index in [1.165, 1.54) is 64.2 Å². The van der Waals surface area contributed by atoms with Gasteiger partial charge in [0.25, 0.3) is 0 Å². The molecule has 0 spiro atoms. The van der Waals surface area contributed by atoms with E-state index in [0.717, 1.165) is 50.4 Å². The molecule has 0 aromatic carbocycles. The van der Waals surface area contributed by atoms with Crippen LogP contribution in [0.25, 0.3) is 0 Å². The molecule has 0 aromatic heterocycles. The maximum atomic E-state index is 12.2. The van der Waals surface area contributed by atoms with Gasteiger partial charge in [0.05, 0.1) is 19.6 Å². The van der Waals surface area contributed by atoms with Crippen molar-refractivity contribution >= 4 is 22.1 Å². The molecular weight excluding hydrogens is 543 g/mol. The summed E-state index contributed by atoms with van der Waals surface area (Å²) in [5.74, 6) is -0.482. The van der Waals surface area contributed by atoms with Gasteiger partial charge < -0.3 is 14.0 Å². The first-order chi connectivity index (χ1) is 18.0. The molecule has 0 aliphatic rings. The fourth-order valence-corrected chi connectivity index (χ4v) is 5.04. The van der Waals surface area contributed by atoms with Crippen LogP contribution >= 0.6 is 0 Å². The van der Waals surface area contributed by atoms with E-state index in [0.29, 0.717) is 12.8 Å². The number of hydrogen-bond acceptors (Lipinski definition) is 7. The number of carbonyl (C=O) groups excluding carboxylic acids is 2. The number of rotatable bonds is 26. The van der Waals surface area contributed by atoms with Crippen LogP contribution in [0.2, 0.25) is 0 Å². The van der Waals surface area contributed by atoms with Crippen LogP contribution in [0.15, 0.2) is 0 Å². The Morgan fingerprint density at radius 1 is 0.590 bits per heavy atom. The third-order valence-corrected chi connectivity index (χ3v) is 7.88. The summed E-state index contributed by atoms with van der Waals surface area (Å²) in [7, 11) is -5.01. The van der Waals surface area contributed by atoms with E-state index in [2.05, 4.69) is 27.7 Å². The van der Waals surface area contributed by atoms with Crippen molar-refractivity contribution in [1.82, 2.24) is 0 Å². The third-order valence-electron chi connectivity index (χ3n) is 6.82. The molecular formula is C30H57KO7S. The SMILES string of the molecule is CC(C)CCCCCCCCCCOC(=O)CC(C(=O)OCCCCCCCCCCC(C)C)S(=O)(=O)[O-].[K+]. The number of carbonyl (C=O) groups is 2. The van der Waals surface area contributed by atoms with Crippen LogP contribution < -0.4 is 51.4 Å². The van der Waals surface area contributed by atoms with E-state index in [-0.39, 0.29) is 64.6 Å². The van der Waals surface area contributed by atoms with Crippen molar-refractivity contribution in [3.63, 3.8) is 0 Å². The van der Waals surface area contributed by atoms with E-state index in [4.69, 9.17) is 9.47 Å². The minimum Gasteiger partial charge on any atom is -0.747 e. The van der Waals surface area contributed by atoms with Gasteiger partial charge in [0, 0.05) is 0 Å². The predicted molar refractivity (Wildman–Crippen MR) is 153 cm³/mol. The zero-order chi connectivity index (χ0) is 28.7. The molecule has 0 amide bonds. The van der Waals surface area contributed by atoms with Crippen LogP contribution in [0.4, 0.5) is 0 Å². The van der Waals surface area contributed by atoms with E-state index < -0.39 is 33.7 Å². The fraction of sp³-hybridized carbons (Fsp3) is 0.933. The van der Waals surface area contributed by atoms with Crippen LogP contribution in [0, 0.1) is 11.8 Å². The molecule has 0 heterocycles. The Bertz CT molecular complexity index is 695. The largest absolute Gasteiger partial charge is 1.00 e. The molecule has 0 saturated carbocycles. The van der Waals surface area contributed by atoms with Crippen LogP contribution in [0.1, 0.15) is 150 Å². The van der Waals surface area contributed by atoms with Crippen molar-refractivity contribution in [2.24, 2.45) is 11.8 Å². The van der Waals surface area contributed by atoms with Crippen molar-refractivity contribution < 1.29 is 83.4 Å². The zero-order valence-corrected chi connectivity index (χ0v) is 29.8. The summed E-state index contributed by atoms with van der Waals surface area (Å²) in [6.45, 7) is 9.19. The first-order valence-electron chi connectivity index (χ1n) is 15.3. The average molecular weight is 601 g/mol. The molecule has 0 N–H and O–H groups in total. The summed E-state index contributed by atoms with van der Waals surface area (Å²) in [6.07, 6.45) is 19.2. The molecule has 0 aliphatic carbocycles. The van der Waals surface area contributed by atoms with Crippen molar-refractivity contribution in [2.75, 3.05) is 13.2 Å². The third kappa shape index (κ3) is 28.4. The van der Waals surface area contributed by atoms with Crippen molar-refractivity contribution in [1.29, 1.82) is 0 Å². The number of hydrogen-bond donors (Lipinski definition) is 0. The second-order valence-corrected chi connectivity index (χ2v) is 13.2. The van der Waals surface area contributed by atoms with Gasteiger partial charge in [0.15, 0.2) is 5.25 Å². The molecule has 0 radical (unpaired) electrons. The maximum Gasteiger partial charge on any atom is 1.00 e. The van der Waals surface area contributed by atoms with Crippen molar-refractivity contribution in [2.45, 2.75) is 155 Å². The van der Waals surface area contributed by atoms with Gasteiger partial charge in [-0.05, 0) is 24.7 Å². The Hall–Kier alpha value is 0.486. The molecule has 226 valence electrons. The van der Waals surface area contributed by atoms with Crippen LogP contribution in [0.5, 0.6) is 0 Å². The number of unbranched alkanes of at least 4 members (excludes halogenated alkanes) is 14. The first-order valence-corrected chi connectivity index (χ1v) is 16.8. The summed E-state index contributed by atoms with van der Waals surface area (Å²) >= 11 is 0. The first kappa shape index (κ1) is 41.6. The Labute approximate surface area is 282 Å². The molecule has 39 heavy (non-hydrogen) atoms. The van der Waals surface area contributed by atoms with E-state index >= 15 is 0 Å². The van der Waals surface area contributed by atoms with Gasteiger partial charge in [-0.15, -0.1) is 0 Å². The molecule has 0 aliphatic heterocycles. The maximum absolute atomic E-state index is 12.2. The predicted octanol–water partition coefficient (Wildman–Crippen LogP) is 4.71. The summed E-state index contributed by atoms with van der Waals surface area (Å²) in [6, 6.07) is 0. The average Bonchev–Trinajstić information content (AvgIpc) is 2.83. The van der Waals surface area contributed by atoms with Gasteiger partial charge in [-0.3, -0.25) is 9.59 Å². The number of ether oxygens (including phenoxy) is 2. The van der Waals surface area contributed by atoms with Crippen molar-refractivity contribution in [3.05, 3.63) is 0 Å². The standard InChI is InChI=1S/C30H58O7S.K/c1-26(2)21-17-13-9-5-7-11-15-19-23-36-29(31)25-28(38(33,34)35)30(32)37-24-20-16-12-8-6-10-14-18-22-27(3)4;/h26-28H,5-25H2,1-4H3,(H,33,34,35);/q;+1/p-1. The van der Waals surface area contributed by atoms with Gasteiger partial charge in [-0.2, -0.15) is 0 Å². The molecule has 1 atom stereocenters. The minimum atomic E-state index is -5.01. The van der Waals surface area contributed by atoms with Crippen molar-refractivity contribution in [3.8, 4) is 0 Å². The molecule has 0 aromatic rings. The van der Waals surface area contributed by atoms with Gasteiger partial charge in [0.2, 0.25) is 0 Å². The molecule has 0 fully saturated rings. The second-order valence-electron chi connectivity index (χ2n) is 11.6. The van der Waals surface area contributed by atoms with Gasteiger partial charge in [-0.25, -0.2) is 8.42 Å². The smallest absolute Gasteiger partial charge is 0.747 e. The fourth-order valence-electron chi connectivity index (χ4n) is 4.40. The zero-order valence-electron chi connectivity index (χ0n) is 25.8. The topological polar surface area (TPSA) is 110 Å². The summed E-state index contributed by atoms with van der Waals surface area (Å²) in [5.41, 5.74) is 0. The molecule has 0 rings (SSSR count). The molecule has 0 saturated heterocycles. The van der Waals surface area contributed by atoms with Gasteiger partial charge in [0.1, 0.15) is 10.1 Å².